The topological polar surface area (TPSA) is 67.7 Å². The van der Waals surface area contributed by atoms with E-state index >= 15 is 0 Å². The maximum atomic E-state index is 6.71. The first-order valence-corrected chi connectivity index (χ1v) is 16.7. The van der Waals surface area contributed by atoms with Crippen molar-refractivity contribution in [1.82, 2.24) is 14.9 Å². The lowest BCUT2D eigenvalue weighted by molar-refractivity contribution is 0.668. The highest BCUT2D eigenvalue weighted by Gasteiger charge is 2.26. The third kappa shape index (κ3) is 4.54. The third-order valence-corrected chi connectivity index (χ3v) is 9.56. The van der Waals surface area contributed by atoms with Gasteiger partial charge in [0.2, 0.25) is 0 Å². The van der Waals surface area contributed by atoms with Crippen molar-refractivity contribution in [2.75, 3.05) is 0 Å². The molecule has 1 N–H and O–H groups in total. The number of aromatic nitrogens is 2. The van der Waals surface area contributed by atoms with Crippen LogP contribution in [0.25, 0.3) is 60.6 Å². The molecule has 3 aromatic heterocycles. The highest BCUT2D eigenvalue weighted by Crippen LogP contribution is 2.43. The Labute approximate surface area is 287 Å². The van der Waals surface area contributed by atoms with E-state index in [4.69, 9.17) is 14.4 Å². The van der Waals surface area contributed by atoms with E-state index in [1.54, 1.807) is 6.20 Å². The molecule has 10 rings (SSSR count). The van der Waals surface area contributed by atoms with Gasteiger partial charge in [0.1, 0.15) is 22.8 Å². The standard InChI is InChI=1S/C44H29N5O/c1-4-12-28(13-5-1)42-46-43(29-14-6-2-7-15-29)48-44(47-42)34-22-21-32(41-40(34)36-27-45-25-24-39(36)50-41)30-20-23-38-35(26-30)33-18-10-11-19-37(33)49(38)31-16-8-3-9-17-31/h1-27,44H,(H,46,47,48). The molecule has 6 heteroatoms. The van der Waals surface area contributed by atoms with Crippen molar-refractivity contribution in [3.8, 4) is 16.8 Å². The van der Waals surface area contributed by atoms with Crippen molar-refractivity contribution in [1.29, 1.82) is 0 Å². The molecular weight excluding hydrogens is 615 g/mol. The van der Waals surface area contributed by atoms with Gasteiger partial charge < -0.3 is 14.3 Å². The van der Waals surface area contributed by atoms with Gasteiger partial charge in [-0.25, -0.2) is 9.98 Å². The van der Waals surface area contributed by atoms with E-state index < -0.39 is 6.17 Å². The Hall–Kier alpha value is -6.79. The molecule has 0 unspecified atom stereocenters. The van der Waals surface area contributed by atoms with E-state index in [0.29, 0.717) is 0 Å². The molecule has 1 aliphatic heterocycles. The van der Waals surface area contributed by atoms with Crippen LogP contribution in [0, 0.1) is 0 Å². The van der Waals surface area contributed by atoms with Gasteiger partial charge >= 0.3 is 0 Å². The number of nitrogens with one attached hydrogen (secondary N) is 1. The summed E-state index contributed by atoms with van der Waals surface area (Å²) in [6, 6.07) is 52.5. The van der Waals surface area contributed by atoms with Crippen LogP contribution in [0.2, 0.25) is 0 Å². The van der Waals surface area contributed by atoms with Crippen molar-refractivity contribution < 1.29 is 4.42 Å². The summed E-state index contributed by atoms with van der Waals surface area (Å²) in [5.41, 5.74) is 10.1. The van der Waals surface area contributed by atoms with Crippen molar-refractivity contribution in [3.63, 3.8) is 0 Å². The van der Waals surface area contributed by atoms with Gasteiger partial charge in [-0.15, -0.1) is 0 Å². The summed E-state index contributed by atoms with van der Waals surface area (Å²) in [6.45, 7) is 0. The number of fused-ring (bicyclic) bond motifs is 6. The van der Waals surface area contributed by atoms with Crippen LogP contribution in [0.4, 0.5) is 0 Å². The number of para-hydroxylation sites is 2. The number of nitrogens with zero attached hydrogens (tertiary/aromatic N) is 4. The number of furan rings is 1. The first kappa shape index (κ1) is 28.2. The molecule has 0 bridgehead atoms. The smallest absolute Gasteiger partial charge is 0.170 e. The van der Waals surface area contributed by atoms with Gasteiger partial charge in [-0.05, 0) is 42.0 Å². The van der Waals surface area contributed by atoms with Crippen molar-refractivity contribution in [2.45, 2.75) is 6.17 Å². The average molecular weight is 644 g/mol. The summed E-state index contributed by atoms with van der Waals surface area (Å²) < 4.78 is 9.04. The van der Waals surface area contributed by atoms with Gasteiger partial charge in [0, 0.05) is 61.9 Å². The van der Waals surface area contributed by atoms with Crippen molar-refractivity contribution in [2.24, 2.45) is 9.98 Å². The number of hydrogen-bond acceptors (Lipinski definition) is 5. The normalized spacial score (nSPS) is 13.5. The minimum Gasteiger partial charge on any atom is -0.455 e. The number of rotatable bonds is 5. The zero-order valence-corrected chi connectivity index (χ0v) is 26.9. The Morgan fingerprint density at radius 2 is 1.22 bits per heavy atom. The Morgan fingerprint density at radius 1 is 0.560 bits per heavy atom. The molecule has 1 aliphatic rings. The summed E-state index contributed by atoms with van der Waals surface area (Å²) >= 11 is 0. The maximum Gasteiger partial charge on any atom is 0.170 e. The third-order valence-electron chi connectivity index (χ3n) is 9.56. The van der Waals surface area contributed by atoms with E-state index in [2.05, 4.69) is 124 Å². The van der Waals surface area contributed by atoms with Crippen LogP contribution in [0.15, 0.2) is 178 Å². The van der Waals surface area contributed by atoms with E-state index in [-0.39, 0.29) is 0 Å². The SMILES string of the molecule is c1ccc(C2=NC(c3ccc(-c4ccc5c(c4)c4ccccc4n5-c4ccccc4)c4oc5ccncc5c34)N=C(c3ccccc3)N2)cc1. The molecule has 6 nitrogen and oxygen atoms in total. The fraction of sp³-hybridized carbons (Fsp3) is 0.0227. The number of hydrogen-bond donors (Lipinski definition) is 1. The number of amidine groups is 2. The lowest BCUT2D eigenvalue weighted by atomic mass is 9.96. The van der Waals surface area contributed by atoms with Crippen molar-refractivity contribution in [3.05, 3.63) is 181 Å². The summed E-state index contributed by atoms with van der Waals surface area (Å²) in [4.78, 5) is 14.9. The summed E-state index contributed by atoms with van der Waals surface area (Å²) in [5.74, 6) is 1.54. The number of aliphatic imine (C=N–C) groups is 2. The van der Waals surface area contributed by atoms with Crippen LogP contribution in [0.5, 0.6) is 0 Å². The summed E-state index contributed by atoms with van der Waals surface area (Å²) in [6.07, 6.45) is 3.15. The molecule has 0 radical (unpaired) electrons. The molecule has 50 heavy (non-hydrogen) atoms. The van der Waals surface area contributed by atoms with Gasteiger partial charge in [0.15, 0.2) is 6.17 Å². The van der Waals surface area contributed by atoms with Crippen molar-refractivity contribution >= 4 is 55.4 Å². The van der Waals surface area contributed by atoms with Gasteiger partial charge in [-0.3, -0.25) is 4.98 Å². The molecule has 0 saturated carbocycles. The molecule has 0 fully saturated rings. The van der Waals surface area contributed by atoms with Crippen LogP contribution < -0.4 is 5.32 Å². The van der Waals surface area contributed by atoms with Crippen LogP contribution in [-0.4, -0.2) is 21.2 Å². The molecule has 6 aromatic carbocycles. The lowest BCUT2D eigenvalue weighted by Crippen LogP contribution is -2.36. The highest BCUT2D eigenvalue weighted by molar-refractivity contribution is 6.17. The number of pyridine rings is 1. The minimum absolute atomic E-state index is 0.509. The van der Waals surface area contributed by atoms with Gasteiger partial charge in [0.25, 0.3) is 0 Å². The first-order valence-electron chi connectivity index (χ1n) is 16.7. The minimum atomic E-state index is -0.509. The molecular formula is C44H29N5O. The predicted molar refractivity (Wildman–Crippen MR) is 203 cm³/mol. The maximum absolute atomic E-state index is 6.71. The van der Waals surface area contributed by atoms with Crippen LogP contribution in [0.3, 0.4) is 0 Å². The molecule has 9 aromatic rings. The zero-order valence-electron chi connectivity index (χ0n) is 26.9. The van der Waals surface area contributed by atoms with Gasteiger partial charge in [0.05, 0.1) is 11.0 Å². The first-order chi connectivity index (χ1) is 24.8. The second-order valence-electron chi connectivity index (χ2n) is 12.5. The zero-order chi connectivity index (χ0) is 33.0. The fourth-order valence-electron chi connectivity index (χ4n) is 7.26. The predicted octanol–water partition coefficient (Wildman–Crippen LogP) is 10.2. The Kier molecular flexibility index (Phi) is 6.45. The largest absolute Gasteiger partial charge is 0.455 e. The van der Waals surface area contributed by atoms with Gasteiger partial charge in [-0.2, -0.15) is 0 Å². The lowest BCUT2D eigenvalue weighted by Gasteiger charge is -2.23. The summed E-state index contributed by atoms with van der Waals surface area (Å²) in [5, 5.41) is 7.80. The van der Waals surface area contributed by atoms with E-state index in [1.807, 2.05) is 48.7 Å². The quantitative estimate of drug-likeness (QED) is 0.203. The Bertz CT molecular complexity index is 2720. The molecule has 0 atom stereocenters. The second kappa shape index (κ2) is 11.4. The Balaban J connectivity index is 1.19. The molecule has 236 valence electrons. The van der Waals surface area contributed by atoms with Crippen LogP contribution >= 0.6 is 0 Å². The second-order valence-corrected chi connectivity index (χ2v) is 12.5. The van der Waals surface area contributed by atoms with E-state index in [0.717, 1.165) is 72.6 Å². The monoisotopic (exact) mass is 643 g/mol. The molecule has 0 aliphatic carbocycles. The number of benzene rings is 6. The fourth-order valence-corrected chi connectivity index (χ4v) is 7.26. The molecule has 0 amide bonds. The highest BCUT2D eigenvalue weighted by atomic mass is 16.3. The van der Waals surface area contributed by atoms with E-state index in [9.17, 15) is 0 Å². The van der Waals surface area contributed by atoms with Gasteiger partial charge in [-0.1, -0.05) is 115 Å². The van der Waals surface area contributed by atoms with Crippen LogP contribution in [-0.2, 0) is 0 Å². The molecule has 4 heterocycles. The Morgan fingerprint density at radius 3 is 1.96 bits per heavy atom. The molecule has 0 spiro atoms. The average Bonchev–Trinajstić information content (AvgIpc) is 3.75. The summed E-state index contributed by atoms with van der Waals surface area (Å²) in [7, 11) is 0. The molecule has 0 saturated heterocycles. The van der Waals surface area contributed by atoms with E-state index in [1.165, 1.54) is 16.3 Å². The van der Waals surface area contributed by atoms with Crippen LogP contribution in [0.1, 0.15) is 22.9 Å².